The summed E-state index contributed by atoms with van der Waals surface area (Å²) in [6.07, 6.45) is 15.2. The first-order valence-electron chi connectivity index (χ1n) is 21.8. The van der Waals surface area contributed by atoms with E-state index < -0.39 is 0 Å². The van der Waals surface area contributed by atoms with Crippen LogP contribution in [0.2, 0.25) is 0 Å². The molecule has 8 nitrogen and oxygen atoms in total. The number of aliphatic hydroxyl groups is 4. The van der Waals surface area contributed by atoms with Crippen molar-refractivity contribution in [3.8, 4) is 23.0 Å². The molecule has 0 bridgehead atoms. The van der Waals surface area contributed by atoms with Gasteiger partial charge in [0.15, 0.2) is 0 Å². The summed E-state index contributed by atoms with van der Waals surface area (Å²) in [5.74, 6) is 3.30. The van der Waals surface area contributed by atoms with Gasteiger partial charge in [0.1, 0.15) is 23.0 Å². The summed E-state index contributed by atoms with van der Waals surface area (Å²) in [7, 11) is 0. The van der Waals surface area contributed by atoms with Crippen molar-refractivity contribution in [2.24, 2.45) is 0 Å². The molecule has 0 unspecified atom stereocenters. The van der Waals surface area contributed by atoms with E-state index in [1.54, 1.807) is 0 Å². The lowest BCUT2D eigenvalue weighted by molar-refractivity contribution is 0.273. The average Bonchev–Trinajstić information content (AvgIpc) is 3.26. The second-order valence-electron chi connectivity index (χ2n) is 14.8. The van der Waals surface area contributed by atoms with Gasteiger partial charge in [-0.3, -0.25) is 0 Å². The van der Waals surface area contributed by atoms with Crippen LogP contribution < -0.4 is 18.9 Å². The minimum Gasteiger partial charge on any atom is -0.494 e. The van der Waals surface area contributed by atoms with Crippen LogP contribution in [-0.4, -0.2) is 73.3 Å². The van der Waals surface area contributed by atoms with Crippen molar-refractivity contribution in [1.82, 2.24) is 0 Å². The van der Waals surface area contributed by atoms with E-state index in [0.717, 1.165) is 159 Å². The van der Waals surface area contributed by atoms with Crippen molar-refractivity contribution < 1.29 is 39.4 Å². The summed E-state index contributed by atoms with van der Waals surface area (Å²) in [6, 6.07) is 33.4. The van der Waals surface area contributed by atoms with Crippen molar-refractivity contribution >= 4 is 11.1 Å². The molecule has 4 aromatic rings. The third kappa shape index (κ3) is 17.3. The monoisotopic (exact) mass is 796 g/mol. The highest BCUT2D eigenvalue weighted by Gasteiger charge is 2.18. The first kappa shape index (κ1) is 46.4. The number of unbranched alkanes of at least 4 members (excludes halogenated alkanes) is 12. The second kappa shape index (κ2) is 29.0. The third-order valence-electron chi connectivity index (χ3n) is 10.1. The molecule has 4 rings (SSSR count). The molecule has 4 N–H and O–H groups in total. The summed E-state index contributed by atoms with van der Waals surface area (Å²) < 4.78 is 24.5. The molecule has 0 atom stereocenters. The lowest BCUT2D eigenvalue weighted by Gasteiger charge is -2.19. The maximum Gasteiger partial charge on any atom is 0.119 e. The molecule has 58 heavy (non-hydrogen) atoms. The van der Waals surface area contributed by atoms with Crippen LogP contribution in [0, 0.1) is 0 Å². The van der Waals surface area contributed by atoms with Gasteiger partial charge in [-0.25, -0.2) is 0 Å². The highest BCUT2D eigenvalue weighted by atomic mass is 16.5. The molecule has 0 aliphatic rings. The third-order valence-corrected chi connectivity index (χ3v) is 10.1. The Morgan fingerprint density at radius 2 is 0.448 bits per heavy atom. The standard InChI is InChI=1S/C50H68O8/c51-33-9-1-5-13-37-55-45-25-17-41(18-26-45)49(42-19-27-46(28-20-42)56-38-14-6-2-10-34-52)50(43-21-29-47(30-22-43)57-39-15-7-3-11-35-53)44-23-31-48(32-24-44)58-40-16-8-4-12-36-54/h17-32,51-54H,1-16,33-40H2. The first-order chi connectivity index (χ1) is 28.7. The molecule has 0 heterocycles. The van der Waals surface area contributed by atoms with Crippen LogP contribution >= 0.6 is 0 Å². The van der Waals surface area contributed by atoms with E-state index in [4.69, 9.17) is 39.4 Å². The van der Waals surface area contributed by atoms with E-state index in [0.29, 0.717) is 26.4 Å². The van der Waals surface area contributed by atoms with Crippen LogP contribution in [0.5, 0.6) is 23.0 Å². The fraction of sp³-hybridized carbons (Fsp3) is 0.480. The Hall–Kier alpha value is -4.34. The van der Waals surface area contributed by atoms with E-state index in [1.165, 1.54) is 0 Å². The van der Waals surface area contributed by atoms with Crippen LogP contribution in [0.25, 0.3) is 11.1 Å². The number of hydrogen-bond donors (Lipinski definition) is 4. The Kier molecular flexibility index (Phi) is 23.1. The van der Waals surface area contributed by atoms with E-state index in [2.05, 4.69) is 48.5 Å². The van der Waals surface area contributed by atoms with Crippen molar-refractivity contribution in [2.75, 3.05) is 52.9 Å². The zero-order valence-corrected chi connectivity index (χ0v) is 34.6. The average molecular weight is 797 g/mol. The number of benzene rings is 4. The number of hydrogen-bond acceptors (Lipinski definition) is 8. The molecule has 0 radical (unpaired) electrons. The molecule has 316 valence electrons. The molecule has 8 heteroatoms. The van der Waals surface area contributed by atoms with Crippen molar-refractivity contribution in [3.63, 3.8) is 0 Å². The van der Waals surface area contributed by atoms with Gasteiger partial charge < -0.3 is 39.4 Å². The predicted octanol–water partition coefficient (Wildman–Crippen LogP) is 10.4. The fourth-order valence-corrected chi connectivity index (χ4v) is 6.81. The molecular weight excluding hydrogens is 729 g/mol. The van der Waals surface area contributed by atoms with Crippen LogP contribution in [0.15, 0.2) is 97.1 Å². The van der Waals surface area contributed by atoms with Crippen LogP contribution in [0.4, 0.5) is 0 Å². The van der Waals surface area contributed by atoms with E-state index in [-0.39, 0.29) is 26.4 Å². The summed E-state index contributed by atoms with van der Waals surface area (Å²) in [6.45, 7) is 3.47. The molecule has 0 fully saturated rings. The Morgan fingerprint density at radius 3 is 0.638 bits per heavy atom. The van der Waals surface area contributed by atoms with E-state index in [9.17, 15) is 0 Å². The molecule has 0 aliphatic heterocycles. The molecule has 0 saturated carbocycles. The lowest BCUT2D eigenvalue weighted by atomic mass is 9.85. The van der Waals surface area contributed by atoms with Gasteiger partial charge in [-0.2, -0.15) is 0 Å². The number of rotatable bonds is 32. The second-order valence-corrected chi connectivity index (χ2v) is 14.8. The zero-order valence-electron chi connectivity index (χ0n) is 34.6. The Labute approximate surface area is 347 Å². The maximum absolute atomic E-state index is 9.10. The first-order valence-corrected chi connectivity index (χ1v) is 21.8. The van der Waals surface area contributed by atoms with Gasteiger partial charge >= 0.3 is 0 Å². The number of aliphatic hydroxyl groups excluding tert-OH is 4. The highest BCUT2D eigenvalue weighted by molar-refractivity contribution is 6.04. The summed E-state index contributed by atoms with van der Waals surface area (Å²) >= 11 is 0. The summed E-state index contributed by atoms with van der Waals surface area (Å²) in [4.78, 5) is 0. The van der Waals surface area contributed by atoms with Gasteiger partial charge in [0.05, 0.1) is 26.4 Å². The molecular formula is C50H68O8. The predicted molar refractivity (Wildman–Crippen MR) is 235 cm³/mol. The van der Waals surface area contributed by atoms with Gasteiger partial charge in [-0.15, -0.1) is 0 Å². The Balaban J connectivity index is 1.68. The van der Waals surface area contributed by atoms with Crippen LogP contribution in [0.1, 0.15) is 125 Å². The Morgan fingerprint density at radius 1 is 0.259 bits per heavy atom. The van der Waals surface area contributed by atoms with E-state index in [1.807, 2.05) is 48.5 Å². The van der Waals surface area contributed by atoms with Gasteiger partial charge in [-0.05, 0) is 159 Å². The van der Waals surface area contributed by atoms with Crippen LogP contribution in [-0.2, 0) is 0 Å². The summed E-state index contributed by atoms with van der Waals surface area (Å²) in [5.41, 5.74) is 6.34. The van der Waals surface area contributed by atoms with Gasteiger partial charge in [0, 0.05) is 26.4 Å². The minimum absolute atomic E-state index is 0.233. The molecule has 0 aromatic heterocycles. The zero-order chi connectivity index (χ0) is 40.9. The highest BCUT2D eigenvalue weighted by Crippen LogP contribution is 2.39. The quantitative estimate of drug-likeness (QED) is 0.0285. The van der Waals surface area contributed by atoms with Crippen molar-refractivity contribution in [1.29, 1.82) is 0 Å². The Bertz CT molecular complexity index is 1400. The normalized spacial score (nSPS) is 11.0. The van der Waals surface area contributed by atoms with Gasteiger partial charge in [-0.1, -0.05) is 74.2 Å². The van der Waals surface area contributed by atoms with Crippen LogP contribution in [0.3, 0.4) is 0 Å². The van der Waals surface area contributed by atoms with Gasteiger partial charge in [0.2, 0.25) is 0 Å². The molecule has 0 aliphatic carbocycles. The molecule has 4 aromatic carbocycles. The molecule has 0 saturated heterocycles. The van der Waals surface area contributed by atoms with Crippen molar-refractivity contribution in [2.45, 2.75) is 103 Å². The van der Waals surface area contributed by atoms with E-state index >= 15 is 0 Å². The lowest BCUT2D eigenvalue weighted by Crippen LogP contribution is -2.01. The largest absolute Gasteiger partial charge is 0.494 e. The molecule has 0 amide bonds. The number of ether oxygens (including phenoxy) is 4. The SMILES string of the molecule is OCCCCCCOc1ccc(C(=C(c2ccc(OCCCCCCO)cc2)c2ccc(OCCCCCCO)cc2)c2ccc(OCCCCCCO)cc2)cc1. The fourth-order valence-electron chi connectivity index (χ4n) is 6.81. The van der Waals surface area contributed by atoms with Gasteiger partial charge in [0.25, 0.3) is 0 Å². The molecule has 0 spiro atoms. The summed E-state index contributed by atoms with van der Waals surface area (Å²) in [5, 5.41) is 36.4. The minimum atomic E-state index is 0.233. The van der Waals surface area contributed by atoms with Crippen molar-refractivity contribution in [3.05, 3.63) is 119 Å². The smallest absolute Gasteiger partial charge is 0.119 e. The topological polar surface area (TPSA) is 118 Å². The maximum atomic E-state index is 9.10.